The Morgan fingerprint density at radius 1 is 0.706 bits per heavy atom. The van der Waals surface area contributed by atoms with Crippen LogP contribution < -0.4 is 9.47 Å². The second kappa shape index (κ2) is 9.91. The summed E-state index contributed by atoms with van der Waals surface area (Å²) in [6.45, 7) is 7.09. The van der Waals surface area contributed by atoms with Gasteiger partial charge in [-0.15, -0.1) is 0 Å². The van der Waals surface area contributed by atoms with Gasteiger partial charge in [0.1, 0.15) is 62.1 Å². The predicted octanol–water partition coefficient (Wildman–Crippen LogP) is 0.369. The van der Waals surface area contributed by atoms with Gasteiger partial charge in [-0.25, -0.2) is 0 Å². The lowest BCUT2D eigenvalue weighted by atomic mass is 9.97. The maximum atomic E-state index is 10.5. The summed E-state index contributed by atoms with van der Waals surface area (Å²) in [7, 11) is 0. The minimum atomic E-state index is -0.317. The zero-order valence-electron chi connectivity index (χ0n) is 20.2. The smallest absolute Gasteiger partial charge is 0.137 e. The number of benzene rings is 1. The van der Waals surface area contributed by atoms with Gasteiger partial charge in [-0.3, -0.25) is 0 Å². The van der Waals surface area contributed by atoms with Gasteiger partial charge >= 0.3 is 0 Å². The van der Waals surface area contributed by atoms with Gasteiger partial charge in [0.15, 0.2) is 0 Å². The highest BCUT2D eigenvalue weighted by atomic mass is 16.5. The molecule has 8 atom stereocenters. The molecule has 0 aliphatic carbocycles. The molecule has 8 nitrogen and oxygen atoms in total. The molecule has 0 aromatic heterocycles. The zero-order chi connectivity index (χ0) is 23.8. The molecule has 190 valence electrons. The number of nitrogens with zero attached hydrogens (tertiary/aromatic N) is 2. The lowest BCUT2D eigenvalue weighted by molar-refractivity contribution is -0.930. The number of hydrogen-bond acceptors (Lipinski definition) is 6. The van der Waals surface area contributed by atoms with Crippen molar-refractivity contribution in [1.82, 2.24) is 0 Å². The molecule has 1 aromatic carbocycles. The average molecular weight is 479 g/mol. The van der Waals surface area contributed by atoms with Crippen LogP contribution in [-0.2, 0) is 0 Å². The second-order valence-corrected chi connectivity index (χ2v) is 11.1. The van der Waals surface area contributed by atoms with E-state index in [-0.39, 0.29) is 49.3 Å². The van der Waals surface area contributed by atoms with Crippen LogP contribution >= 0.6 is 0 Å². The molecule has 0 bridgehead atoms. The Kier molecular flexibility index (Phi) is 7.08. The standard InChI is InChI=1S/C26H42N2O6/c29-17-19-4-8-27(10-6-23(31)25(19)27)12-14-33-21-2-1-3-22(16-21)34-15-13-28-9-5-20(18-30)26(28)24(32)7-11-28/h1-3,16,19-20,23-26,29-32H,4-15,17-18H2/q+2/t19-,20+,23-,24-,25+,26-,27?,28?/m1/s1. The molecule has 8 heteroatoms. The Morgan fingerprint density at radius 3 is 1.59 bits per heavy atom. The van der Waals surface area contributed by atoms with Gasteiger partial charge in [0.2, 0.25) is 0 Å². The van der Waals surface area contributed by atoms with Gasteiger partial charge in [-0.2, -0.15) is 0 Å². The van der Waals surface area contributed by atoms with Crippen LogP contribution in [0.3, 0.4) is 0 Å². The Hall–Kier alpha value is -1.42. The first-order valence-electron chi connectivity index (χ1n) is 13.2. The van der Waals surface area contributed by atoms with Crippen LogP contribution in [-0.4, -0.2) is 119 Å². The fraction of sp³-hybridized carbons (Fsp3) is 0.769. The summed E-state index contributed by atoms with van der Waals surface area (Å²) in [4.78, 5) is 0. The Morgan fingerprint density at radius 2 is 1.15 bits per heavy atom. The first kappa shape index (κ1) is 24.3. The number of ether oxygens (including phenoxy) is 2. The lowest BCUT2D eigenvalue weighted by Crippen LogP contribution is -2.53. The summed E-state index contributed by atoms with van der Waals surface area (Å²) >= 11 is 0. The van der Waals surface area contributed by atoms with Gasteiger partial charge in [0, 0.05) is 43.6 Å². The monoisotopic (exact) mass is 478 g/mol. The van der Waals surface area contributed by atoms with Gasteiger partial charge in [0.25, 0.3) is 0 Å². The zero-order valence-corrected chi connectivity index (χ0v) is 20.2. The minimum absolute atomic E-state index is 0.139. The Bertz CT molecular complexity index is 778. The van der Waals surface area contributed by atoms with E-state index in [9.17, 15) is 20.4 Å². The molecule has 4 N–H and O–H groups in total. The molecule has 4 aliphatic heterocycles. The summed E-state index contributed by atoms with van der Waals surface area (Å²) in [5.41, 5.74) is 0. The summed E-state index contributed by atoms with van der Waals surface area (Å²) in [5.74, 6) is 1.96. The average Bonchev–Trinajstić information content (AvgIpc) is 3.56. The third-order valence-electron chi connectivity index (χ3n) is 9.54. The molecule has 5 rings (SSSR count). The quantitative estimate of drug-likeness (QED) is 0.363. The summed E-state index contributed by atoms with van der Waals surface area (Å²) in [6.07, 6.45) is 2.92. The molecule has 2 unspecified atom stereocenters. The molecule has 4 fully saturated rings. The van der Waals surface area contributed by atoms with E-state index in [0.29, 0.717) is 13.2 Å². The molecular weight excluding hydrogens is 436 g/mol. The highest BCUT2D eigenvalue weighted by molar-refractivity contribution is 5.32. The van der Waals surface area contributed by atoms with E-state index in [1.807, 2.05) is 24.3 Å². The molecule has 0 saturated carbocycles. The van der Waals surface area contributed by atoms with Crippen LogP contribution in [0.2, 0.25) is 0 Å². The molecule has 4 heterocycles. The number of fused-ring (bicyclic) bond motifs is 2. The largest absolute Gasteiger partial charge is 0.488 e. The van der Waals surface area contributed by atoms with E-state index in [1.165, 1.54) is 0 Å². The van der Waals surface area contributed by atoms with Crippen molar-refractivity contribution in [3.63, 3.8) is 0 Å². The SMILES string of the molecule is OC[C@@H]1CC[N+]2(CCOc3cccc(OCC[N+]45CC[C@H](CO)[C@H]4[C@H](O)CC5)c3)CC[C@@H](O)[C@@H]12. The van der Waals surface area contributed by atoms with Gasteiger partial charge < -0.3 is 38.9 Å². The number of aliphatic hydroxyl groups is 4. The van der Waals surface area contributed by atoms with Crippen molar-refractivity contribution < 1.29 is 38.9 Å². The number of rotatable bonds is 10. The number of quaternary nitrogens is 2. The number of aliphatic hydroxyl groups excluding tert-OH is 4. The van der Waals surface area contributed by atoms with Crippen molar-refractivity contribution in [3.05, 3.63) is 24.3 Å². The van der Waals surface area contributed by atoms with Crippen LogP contribution in [0.5, 0.6) is 11.5 Å². The molecule has 1 aromatic rings. The Balaban J connectivity index is 1.13. The first-order valence-corrected chi connectivity index (χ1v) is 13.2. The molecule has 4 aliphatic rings. The summed E-state index contributed by atoms with van der Waals surface area (Å²) in [5, 5.41) is 40.4. The molecule has 34 heavy (non-hydrogen) atoms. The van der Waals surface area contributed by atoms with Crippen LogP contribution in [0.15, 0.2) is 24.3 Å². The molecule has 0 amide bonds. The van der Waals surface area contributed by atoms with Gasteiger partial charge in [0.05, 0.1) is 39.4 Å². The van der Waals surface area contributed by atoms with Crippen molar-refractivity contribution >= 4 is 0 Å². The topological polar surface area (TPSA) is 99.4 Å². The van der Waals surface area contributed by atoms with Crippen molar-refractivity contribution in [2.45, 2.75) is 50.0 Å². The van der Waals surface area contributed by atoms with Gasteiger partial charge in [-0.1, -0.05) is 6.07 Å². The highest BCUT2D eigenvalue weighted by Crippen LogP contribution is 2.41. The second-order valence-electron chi connectivity index (χ2n) is 11.1. The van der Waals surface area contributed by atoms with E-state index in [4.69, 9.17) is 9.47 Å². The minimum Gasteiger partial charge on any atom is -0.488 e. The van der Waals surface area contributed by atoms with Crippen molar-refractivity contribution in [3.8, 4) is 11.5 Å². The highest BCUT2D eigenvalue weighted by Gasteiger charge is 2.56. The first-order chi connectivity index (χ1) is 16.5. The van der Waals surface area contributed by atoms with E-state index >= 15 is 0 Å². The molecule has 0 radical (unpaired) electrons. The fourth-order valence-electron chi connectivity index (χ4n) is 7.87. The van der Waals surface area contributed by atoms with Crippen molar-refractivity contribution in [1.29, 1.82) is 0 Å². The predicted molar refractivity (Wildman–Crippen MR) is 126 cm³/mol. The van der Waals surface area contributed by atoms with E-state index in [2.05, 4.69) is 0 Å². The normalized spacial score (nSPS) is 40.9. The summed E-state index contributed by atoms with van der Waals surface area (Å²) < 4.78 is 13.9. The van der Waals surface area contributed by atoms with E-state index in [0.717, 1.165) is 85.4 Å². The molecule has 4 saturated heterocycles. The maximum absolute atomic E-state index is 10.5. The summed E-state index contributed by atoms with van der Waals surface area (Å²) in [6, 6.07) is 8.06. The van der Waals surface area contributed by atoms with Crippen LogP contribution in [0.1, 0.15) is 25.7 Å². The molecule has 0 spiro atoms. The van der Waals surface area contributed by atoms with Crippen LogP contribution in [0.4, 0.5) is 0 Å². The maximum Gasteiger partial charge on any atom is 0.137 e. The van der Waals surface area contributed by atoms with E-state index in [1.54, 1.807) is 0 Å². The third-order valence-corrected chi connectivity index (χ3v) is 9.54. The Labute approximate surface area is 202 Å². The van der Waals surface area contributed by atoms with Crippen molar-refractivity contribution in [2.75, 3.05) is 65.7 Å². The van der Waals surface area contributed by atoms with Crippen molar-refractivity contribution in [2.24, 2.45) is 11.8 Å². The van der Waals surface area contributed by atoms with Gasteiger partial charge in [-0.05, 0) is 12.1 Å². The fourth-order valence-corrected chi connectivity index (χ4v) is 7.87. The lowest BCUT2D eigenvalue weighted by Gasteiger charge is -2.36. The van der Waals surface area contributed by atoms with Crippen LogP contribution in [0.25, 0.3) is 0 Å². The third kappa shape index (κ3) is 4.33. The van der Waals surface area contributed by atoms with E-state index < -0.39 is 0 Å². The van der Waals surface area contributed by atoms with Crippen LogP contribution in [0, 0.1) is 11.8 Å². The molecular formula is C26H42N2O6+2. The number of hydrogen-bond donors (Lipinski definition) is 4.